The zero-order valence-corrected chi connectivity index (χ0v) is 8.92. The highest BCUT2D eigenvalue weighted by Gasteiger charge is 2.11. The first-order valence-corrected chi connectivity index (χ1v) is 5.45. The van der Waals surface area contributed by atoms with Crippen LogP contribution < -0.4 is 5.73 Å². The molecule has 0 atom stereocenters. The maximum atomic E-state index is 5.92. The summed E-state index contributed by atoms with van der Waals surface area (Å²) in [5.74, 6) is 0. The molecule has 0 unspecified atom stereocenters. The van der Waals surface area contributed by atoms with Crippen LogP contribution in [0, 0.1) is 0 Å². The Balaban J connectivity index is 3.16. The van der Waals surface area contributed by atoms with Crippen molar-refractivity contribution in [2.75, 3.05) is 5.73 Å². The van der Waals surface area contributed by atoms with E-state index < -0.39 is 0 Å². The first-order valence-electron chi connectivity index (χ1n) is 4.63. The van der Waals surface area contributed by atoms with Gasteiger partial charge < -0.3 is 5.73 Å². The van der Waals surface area contributed by atoms with Gasteiger partial charge in [0.25, 0.3) is 0 Å². The molecule has 0 radical (unpaired) electrons. The smallest absolute Gasteiger partial charge is 0.0894 e. The summed E-state index contributed by atoms with van der Waals surface area (Å²) in [4.78, 5) is 1.48. The Labute approximate surface area is 78.6 Å². The molecule has 12 heavy (non-hydrogen) atoms. The van der Waals surface area contributed by atoms with Crippen molar-refractivity contribution in [3.63, 3.8) is 0 Å². The summed E-state index contributed by atoms with van der Waals surface area (Å²) in [6.45, 7) is 6.58. The lowest BCUT2D eigenvalue weighted by Crippen LogP contribution is -1.92. The van der Waals surface area contributed by atoms with Gasteiger partial charge in [-0.2, -0.15) is 0 Å². The zero-order valence-electron chi connectivity index (χ0n) is 8.11. The molecule has 0 fully saturated rings. The molecule has 1 rings (SSSR count). The van der Waals surface area contributed by atoms with Crippen molar-refractivity contribution < 1.29 is 0 Å². The SMILES string of the molecule is CCc1sc(N)c(CC)c1CC. The predicted octanol–water partition coefficient (Wildman–Crippen LogP) is 3.02. The fraction of sp³-hybridized carbons (Fsp3) is 0.600. The van der Waals surface area contributed by atoms with Gasteiger partial charge >= 0.3 is 0 Å². The van der Waals surface area contributed by atoms with E-state index in [1.54, 1.807) is 11.3 Å². The summed E-state index contributed by atoms with van der Waals surface area (Å²) in [6, 6.07) is 0. The highest BCUT2D eigenvalue weighted by Crippen LogP contribution is 2.31. The van der Waals surface area contributed by atoms with Gasteiger partial charge in [0.2, 0.25) is 0 Å². The van der Waals surface area contributed by atoms with Gasteiger partial charge in [-0.15, -0.1) is 11.3 Å². The van der Waals surface area contributed by atoms with Crippen LogP contribution in [0.15, 0.2) is 0 Å². The molecular formula is C10H17NS. The molecule has 1 heterocycles. The summed E-state index contributed by atoms with van der Waals surface area (Å²) < 4.78 is 0. The number of rotatable bonds is 3. The van der Waals surface area contributed by atoms with E-state index in [2.05, 4.69) is 20.8 Å². The van der Waals surface area contributed by atoms with E-state index in [0.29, 0.717) is 0 Å². The lowest BCUT2D eigenvalue weighted by atomic mass is 10.0. The average Bonchev–Trinajstić information content (AvgIpc) is 2.40. The quantitative estimate of drug-likeness (QED) is 0.766. The van der Waals surface area contributed by atoms with E-state index in [4.69, 9.17) is 5.73 Å². The second kappa shape index (κ2) is 3.94. The third-order valence-corrected chi connectivity index (χ3v) is 3.51. The van der Waals surface area contributed by atoms with Crippen LogP contribution in [0.4, 0.5) is 5.00 Å². The monoisotopic (exact) mass is 183 g/mol. The molecule has 2 heteroatoms. The Morgan fingerprint density at radius 2 is 1.58 bits per heavy atom. The molecule has 0 amide bonds. The first kappa shape index (κ1) is 9.59. The van der Waals surface area contributed by atoms with Crippen molar-refractivity contribution in [2.24, 2.45) is 0 Å². The fourth-order valence-electron chi connectivity index (χ4n) is 1.66. The minimum atomic E-state index is 1.03. The van der Waals surface area contributed by atoms with Gasteiger partial charge in [-0.25, -0.2) is 0 Å². The summed E-state index contributed by atoms with van der Waals surface area (Å²) in [5.41, 5.74) is 8.81. The van der Waals surface area contributed by atoms with E-state index in [1.165, 1.54) is 16.0 Å². The van der Waals surface area contributed by atoms with Crippen LogP contribution in [0.1, 0.15) is 36.8 Å². The molecule has 0 aliphatic rings. The lowest BCUT2D eigenvalue weighted by molar-refractivity contribution is 1.02. The third kappa shape index (κ3) is 1.48. The number of anilines is 1. The normalized spacial score (nSPS) is 10.6. The van der Waals surface area contributed by atoms with Crippen LogP contribution in [-0.4, -0.2) is 0 Å². The minimum Gasteiger partial charge on any atom is -0.390 e. The molecule has 1 aromatic rings. The third-order valence-electron chi connectivity index (χ3n) is 2.26. The van der Waals surface area contributed by atoms with Crippen molar-refractivity contribution in [2.45, 2.75) is 40.0 Å². The summed E-state index contributed by atoms with van der Waals surface area (Å²) in [7, 11) is 0. The highest BCUT2D eigenvalue weighted by atomic mass is 32.1. The molecule has 0 aliphatic carbocycles. The zero-order chi connectivity index (χ0) is 9.14. The molecule has 1 nitrogen and oxygen atoms in total. The number of hydrogen-bond acceptors (Lipinski definition) is 2. The Morgan fingerprint density at radius 1 is 1.00 bits per heavy atom. The van der Waals surface area contributed by atoms with Crippen molar-refractivity contribution in [3.8, 4) is 0 Å². The van der Waals surface area contributed by atoms with Crippen molar-refractivity contribution in [3.05, 3.63) is 16.0 Å². The molecule has 68 valence electrons. The lowest BCUT2D eigenvalue weighted by Gasteiger charge is -2.00. The van der Waals surface area contributed by atoms with Gasteiger partial charge in [0.05, 0.1) is 5.00 Å². The standard InChI is InChI=1S/C10H17NS/c1-4-7-8(5-2)10(11)12-9(7)6-3/h4-6,11H2,1-3H3. The number of nitrogen functional groups attached to an aromatic ring is 1. The predicted molar refractivity (Wildman–Crippen MR) is 56.9 cm³/mol. The molecule has 0 saturated carbocycles. The number of nitrogens with two attached hydrogens (primary N) is 1. The Hall–Kier alpha value is -0.500. The second-order valence-corrected chi connectivity index (χ2v) is 4.04. The van der Waals surface area contributed by atoms with Crippen molar-refractivity contribution in [1.29, 1.82) is 0 Å². The van der Waals surface area contributed by atoms with Crippen LogP contribution >= 0.6 is 11.3 Å². The number of hydrogen-bond donors (Lipinski definition) is 1. The number of thiophene rings is 1. The van der Waals surface area contributed by atoms with Gasteiger partial charge in [0.1, 0.15) is 0 Å². The van der Waals surface area contributed by atoms with Crippen molar-refractivity contribution >= 4 is 16.3 Å². The van der Waals surface area contributed by atoms with Gasteiger partial charge in [-0.3, -0.25) is 0 Å². The van der Waals surface area contributed by atoms with Gasteiger partial charge in [0, 0.05) is 4.88 Å². The van der Waals surface area contributed by atoms with Crippen LogP contribution in [0.3, 0.4) is 0 Å². The van der Waals surface area contributed by atoms with Crippen LogP contribution in [-0.2, 0) is 19.3 Å². The second-order valence-electron chi connectivity index (χ2n) is 2.91. The van der Waals surface area contributed by atoms with Gasteiger partial charge in [0.15, 0.2) is 0 Å². The summed E-state index contributed by atoms with van der Waals surface area (Å²) >= 11 is 1.77. The molecule has 0 aliphatic heterocycles. The molecule has 2 N–H and O–H groups in total. The van der Waals surface area contributed by atoms with Crippen molar-refractivity contribution in [1.82, 2.24) is 0 Å². The van der Waals surface area contributed by atoms with Crippen LogP contribution in [0.5, 0.6) is 0 Å². The minimum absolute atomic E-state index is 1.03. The summed E-state index contributed by atoms with van der Waals surface area (Å²) in [5, 5.41) is 1.03. The molecule has 1 aromatic heterocycles. The molecule has 0 saturated heterocycles. The molecule has 0 spiro atoms. The van der Waals surface area contributed by atoms with Gasteiger partial charge in [-0.05, 0) is 30.4 Å². The largest absolute Gasteiger partial charge is 0.390 e. The molecule has 0 aromatic carbocycles. The van der Waals surface area contributed by atoms with E-state index in [-0.39, 0.29) is 0 Å². The highest BCUT2D eigenvalue weighted by molar-refractivity contribution is 7.16. The maximum absolute atomic E-state index is 5.92. The Kier molecular flexibility index (Phi) is 3.15. The topological polar surface area (TPSA) is 26.0 Å². The first-order chi connectivity index (χ1) is 5.74. The van der Waals surface area contributed by atoms with Gasteiger partial charge in [-0.1, -0.05) is 20.8 Å². The van der Waals surface area contributed by atoms with E-state index in [9.17, 15) is 0 Å². The van der Waals surface area contributed by atoms with Crippen LogP contribution in [0.25, 0.3) is 0 Å². The van der Waals surface area contributed by atoms with E-state index in [1.807, 2.05) is 0 Å². The summed E-state index contributed by atoms with van der Waals surface area (Å²) in [6.07, 6.45) is 3.32. The Bertz CT molecular complexity index is 263. The molecule has 0 bridgehead atoms. The number of aryl methyl sites for hydroxylation is 1. The average molecular weight is 183 g/mol. The van der Waals surface area contributed by atoms with E-state index in [0.717, 1.165) is 24.3 Å². The van der Waals surface area contributed by atoms with E-state index >= 15 is 0 Å². The fourth-order valence-corrected chi connectivity index (χ4v) is 2.85. The Morgan fingerprint density at radius 3 is 2.00 bits per heavy atom. The maximum Gasteiger partial charge on any atom is 0.0894 e. The van der Waals surface area contributed by atoms with Crippen LogP contribution in [0.2, 0.25) is 0 Å². The molecular weight excluding hydrogens is 166 g/mol.